The van der Waals surface area contributed by atoms with Crippen molar-refractivity contribution in [3.63, 3.8) is 0 Å². The highest BCUT2D eigenvalue weighted by molar-refractivity contribution is 5.35. The Labute approximate surface area is 188 Å². The molecule has 1 unspecified atom stereocenters. The third-order valence-electron chi connectivity index (χ3n) is 6.56. The highest BCUT2D eigenvalue weighted by Crippen LogP contribution is 2.39. The van der Waals surface area contributed by atoms with Gasteiger partial charge in [-0.15, -0.1) is 0 Å². The number of hydrogen-bond donors (Lipinski definition) is 0. The van der Waals surface area contributed by atoms with Gasteiger partial charge >= 0.3 is 6.11 Å². The van der Waals surface area contributed by atoms with Gasteiger partial charge < -0.3 is 14.2 Å². The minimum Gasteiger partial charge on any atom is -0.491 e. The molecule has 0 aliphatic heterocycles. The lowest BCUT2D eigenvalue weighted by Crippen LogP contribution is -2.35. The first-order chi connectivity index (χ1) is 15.3. The number of hydrogen-bond acceptors (Lipinski definition) is 3. The Balaban J connectivity index is 1.44. The summed E-state index contributed by atoms with van der Waals surface area (Å²) in [5, 5.41) is 0. The maximum atomic E-state index is 14.2. The minimum absolute atomic E-state index is 0.125. The van der Waals surface area contributed by atoms with E-state index >= 15 is 0 Å². The zero-order valence-corrected chi connectivity index (χ0v) is 19.0. The van der Waals surface area contributed by atoms with Crippen LogP contribution >= 0.6 is 0 Å². The van der Waals surface area contributed by atoms with Crippen LogP contribution in [0.4, 0.5) is 17.6 Å². The van der Waals surface area contributed by atoms with Crippen molar-refractivity contribution in [1.29, 1.82) is 0 Å². The number of ether oxygens (including phenoxy) is 3. The molecule has 1 atom stereocenters. The predicted molar refractivity (Wildman–Crippen MR) is 115 cm³/mol. The van der Waals surface area contributed by atoms with Crippen LogP contribution in [0, 0.1) is 23.5 Å². The standard InChI is InChI=1S/C25H34F4O3/c1-3-5-17-6-8-18(9-7-17)19-10-12-20(13-11-19)31-16-25(28,29)32-22-15-14-21(30-4-2)23(26)24(22)27/h6,14-15,18-20H,3-5,7-13,16H2,1-2H3. The van der Waals surface area contributed by atoms with Gasteiger partial charge in [0.05, 0.1) is 12.7 Å². The van der Waals surface area contributed by atoms with Crippen LogP contribution in [-0.4, -0.2) is 25.4 Å². The Bertz CT molecular complexity index is 773. The highest BCUT2D eigenvalue weighted by atomic mass is 19.3. The van der Waals surface area contributed by atoms with E-state index in [1.54, 1.807) is 12.5 Å². The Morgan fingerprint density at radius 1 is 0.938 bits per heavy atom. The van der Waals surface area contributed by atoms with Crippen molar-refractivity contribution >= 4 is 0 Å². The van der Waals surface area contributed by atoms with E-state index in [4.69, 9.17) is 9.47 Å². The number of halogens is 4. The van der Waals surface area contributed by atoms with Crippen LogP contribution in [0.2, 0.25) is 0 Å². The van der Waals surface area contributed by atoms with E-state index < -0.39 is 30.1 Å². The smallest absolute Gasteiger partial charge is 0.422 e. The molecule has 0 bridgehead atoms. The first-order valence-electron chi connectivity index (χ1n) is 11.8. The zero-order valence-electron chi connectivity index (χ0n) is 19.0. The van der Waals surface area contributed by atoms with Gasteiger partial charge in [0.1, 0.15) is 0 Å². The van der Waals surface area contributed by atoms with Gasteiger partial charge in [0.2, 0.25) is 11.6 Å². The van der Waals surface area contributed by atoms with Gasteiger partial charge in [0, 0.05) is 0 Å². The Morgan fingerprint density at radius 2 is 1.62 bits per heavy atom. The van der Waals surface area contributed by atoms with E-state index in [1.165, 1.54) is 25.7 Å². The summed E-state index contributed by atoms with van der Waals surface area (Å²) in [5.41, 5.74) is 1.58. The lowest BCUT2D eigenvalue weighted by molar-refractivity contribution is -0.223. The molecule has 1 saturated carbocycles. The summed E-state index contributed by atoms with van der Waals surface area (Å²) >= 11 is 0. The van der Waals surface area contributed by atoms with E-state index in [2.05, 4.69) is 17.7 Å². The third kappa shape index (κ3) is 6.63. The van der Waals surface area contributed by atoms with E-state index in [0.29, 0.717) is 11.8 Å². The lowest BCUT2D eigenvalue weighted by Gasteiger charge is -2.35. The Kier molecular flexibility index (Phi) is 8.86. The van der Waals surface area contributed by atoms with Crippen molar-refractivity contribution in [2.45, 2.75) is 83.8 Å². The molecule has 180 valence electrons. The summed E-state index contributed by atoms with van der Waals surface area (Å²) in [6.45, 7) is 2.94. The molecule has 1 aromatic carbocycles. The number of rotatable bonds is 10. The second kappa shape index (κ2) is 11.4. The normalized spacial score (nSPS) is 24.2. The topological polar surface area (TPSA) is 27.7 Å². The minimum atomic E-state index is -3.76. The molecule has 7 heteroatoms. The van der Waals surface area contributed by atoms with Crippen molar-refractivity contribution in [3.8, 4) is 11.5 Å². The SMILES string of the molecule is CCCC1=CCC(C2CCC(OCC(F)(F)Oc3ccc(OCC)c(F)c3F)CC2)CC1. The summed E-state index contributed by atoms with van der Waals surface area (Å²) in [6, 6.07) is 2.01. The van der Waals surface area contributed by atoms with Crippen molar-refractivity contribution < 1.29 is 31.8 Å². The van der Waals surface area contributed by atoms with Gasteiger partial charge in [-0.3, -0.25) is 0 Å². The molecule has 0 aromatic heterocycles. The largest absolute Gasteiger partial charge is 0.491 e. The second-order valence-electron chi connectivity index (χ2n) is 8.86. The molecular formula is C25H34F4O3. The maximum Gasteiger partial charge on any atom is 0.422 e. The van der Waals surface area contributed by atoms with Gasteiger partial charge in [0.25, 0.3) is 0 Å². The fourth-order valence-electron chi connectivity index (χ4n) is 4.88. The van der Waals surface area contributed by atoms with Gasteiger partial charge in [-0.25, -0.2) is 0 Å². The Morgan fingerprint density at radius 3 is 2.25 bits per heavy atom. The fourth-order valence-corrected chi connectivity index (χ4v) is 4.88. The first-order valence-corrected chi connectivity index (χ1v) is 11.8. The van der Waals surface area contributed by atoms with Crippen molar-refractivity contribution in [3.05, 3.63) is 35.4 Å². The molecule has 1 aromatic rings. The van der Waals surface area contributed by atoms with Crippen molar-refractivity contribution in [1.82, 2.24) is 0 Å². The fraction of sp³-hybridized carbons (Fsp3) is 0.680. The summed E-state index contributed by atoms with van der Waals surface area (Å²) in [7, 11) is 0. The number of benzene rings is 1. The van der Waals surface area contributed by atoms with Gasteiger partial charge in [-0.1, -0.05) is 25.0 Å². The van der Waals surface area contributed by atoms with E-state index in [9.17, 15) is 17.6 Å². The molecule has 0 N–H and O–H groups in total. The quantitative estimate of drug-likeness (QED) is 0.269. The summed E-state index contributed by atoms with van der Waals surface area (Å²) in [6.07, 6.45) is 7.68. The summed E-state index contributed by atoms with van der Waals surface area (Å²) in [5.74, 6) is -2.76. The van der Waals surface area contributed by atoms with E-state index in [0.717, 1.165) is 44.2 Å². The molecule has 2 aliphatic rings. The van der Waals surface area contributed by atoms with Crippen LogP contribution in [0.1, 0.15) is 71.6 Å². The monoisotopic (exact) mass is 458 g/mol. The van der Waals surface area contributed by atoms with E-state index in [1.807, 2.05) is 0 Å². The Hall–Kier alpha value is -1.76. The van der Waals surface area contributed by atoms with Gasteiger partial charge in [-0.2, -0.15) is 17.6 Å². The summed E-state index contributed by atoms with van der Waals surface area (Å²) in [4.78, 5) is 0. The second-order valence-corrected chi connectivity index (χ2v) is 8.86. The molecular weight excluding hydrogens is 424 g/mol. The van der Waals surface area contributed by atoms with Crippen molar-refractivity contribution in [2.24, 2.45) is 11.8 Å². The van der Waals surface area contributed by atoms with Crippen LogP contribution < -0.4 is 9.47 Å². The molecule has 0 saturated heterocycles. The predicted octanol–water partition coefficient (Wildman–Crippen LogP) is 7.44. The molecule has 0 spiro atoms. The molecule has 0 radical (unpaired) electrons. The molecule has 1 fully saturated rings. The van der Waals surface area contributed by atoms with Crippen LogP contribution in [-0.2, 0) is 4.74 Å². The number of alkyl halides is 2. The zero-order chi connectivity index (χ0) is 23.1. The molecule has 2 aliphatic carbocycles. The highest BCUT2D eigenvalue weighted by Gasteiger charge is 2.36. The molecule has 3 nitrogen and oxygen atoms in total. The first kappa shape index (κ1) is 24.9. The van der Waals surface area contributed by atoms with Gasteiger partial charge in [-0.05, 0) is 82.3 Å². The van der Waals surface area contributed by atoms with Crippen LogP contribution in [0.25, 0.3) is 0 Å². The molecule has 0 heterocycles. The van der Waals surface area contributed by atoms with E-state index in [-0.39, 0.29) is 18.5 Å². The van der Waals surface area contributed by atoms with Crippen LogP contribution in [0.5, 0.6) is 11.5 Å². The average molecular weight is 459 g/mol. The van der Waals surface area contributed by atoms with Crippen LogP contribution in [0.15, 0.2) is 23.8 Å². The number of allylic oxidation sites excluding steroid dienone is 2. The average Bonchev–Trinajstić information content (AvgIpc) is 2.79. The van der Waals surface area contributed by atoms with Crippen molar-refractivity contribution in [2.75, 3.05) is 13.2 Å². The lowest BCUT2D eigenvalue weighted by atomic mass is 9.73. The maximum absolute atomic E-state index is 14.2. The summed E-state index contributed by atoms with van der Waals surface area (Å²) < 4.78 is 71.1. The van der Waals surface area contributed by atoms with Crippen LogP contribution in [0.3, 0.4) is 0 Å². The molecule has 0 amide bonds. The molecule has 32 heavy (non-hydrogen) atoms. The third-order valence-corrected chi connectivity index (χ3v) is 6.56. The molecule has 3 rings (SSSR count). The van der Waals surface area contributed by atoms with Gasteiger partial charge in [0.15, 0.2) is 18.1 Å².